The van der Waals surface area contributed by atoms with E-state index in [0.29, 0.717) is 44.0 Å². The Labute approximate surface area is 200 Å². The van der Waals surface area contributed by atoms with Gasteiger partial charge in [-0.15, -0.1) is 0 Å². The van der Waals surface area contributed by atoms with E-state index in [1.54, 1.807) is 24.3 Å². The van der Waals surface area contributed by atoms with Gasteiger partial charge in [-0.2, -0.15) is 5.26 Å². The van der Waals surface area contributed by atoms with E-state index in [4.69, 9.17) is 19.5 Å². The summed E-state index contributed by atoms with van der Waals surface area (Å²) in [6.45, 7) is 8.44. The van der Waals surface area contributed by atoms with Gasteiger partial charge in [0.1, 0.15) is 31.2 Å². The van der Waals surface area contributed by atoms with E-state index in [1.165, 1.54) is 0 Å². The molecule has 1 aromatic carbocycles. The number of amides is 1. The number of morpholine rings is 2. The molecule has 2 aliphatic rings. The Hall–Kier alpha value is -2.45. The summed E-state index contributed by atoms with van der Waals surface area (Å²) >= 11 is 0. The van der Waals surface area contributed by atoms with Crippen LogP contribution in [0, 0.1) is 11.3 Å². The van der Waals surface area contributed by atoms with Crippen molar-refractivity contribution >= 4 is 6.09 Å². The summed E-state index contributed by atoms with van der Waals surface area (Å²) in [6.07, 6.45) is -2.71. The first-order chi connectivity index (χ1) is 16.1. The van der Waals surface area contributed by atoms with E-state index in [2.05, 4.69) is 16.3 Å². The van der Waals surface area contributed by atoms with Crippen LogP contribution in [0.3, 0.4) is 0 Å². The number of ether oxygens (including phenoxy) is 3. The lowest BCUT2D eigenvalue weighted by Crippen LogP contribution is -2.61. The van der Waals surface area contributed by atoms with E-state index in [0.717, 1.165) is 0 Å². The smallest absolute Gasteiger partial charge is 0.407 e. The van der Waals surface area contributed by atoms with Crippen LogP contribution in [0.1, 0.15) is 26.3 Å². The summed E-state index contributed by atoms with van der Waals surface area (Å²) in [5.41, 5.74) is 0.124. The molecule has 2 bridgehead atoms. The fraction of sp³-hybridized carbons (Fsp3) is 0.667. The minimum Gasteiger partial charge on any atom is -0.491 e. The molecule has 10 heteroatoms. The topological polar surface area (TPSA) is 107 Å². The van der Waals surface area contributed by atoms with E-state index < -0.39 is 23.9 Å². The summed E-state index contributed by atoms with van der Waals surface area (Å²) in [4.78, 5) is 15.9. The molecule has 0 spiro atoms. The molecule has 0 radical (unpaired) electrons. The fourth-order valence-corrected chi connectivity index (χ4v) is 4.17. The quantitative estimate of drug-likeness (QED) is 0.551. The number of alkyl halides is 1. The van der Waals surface area contributed by atoms with Crippen LogP contribution in [-0.4, -0.2) is 104 Å². The zero-order valence-corrected chi connectivity index (χ0v) is 20.1. The average molecular weight is 479 g/mol. The van der Waals surface area contributed by atoms with Crippen LogP contribution in [0.4, 0.5) is 9.18 Å². The monoisotopic (exact) mass is 478 g/mol. The third kappa shape index (κ3) is 8.72. The van der Waals surface area contributed by atoms with Crippen LogP contribution in [0.2, 0.25) is 0 Å². The number of aliphatic hydroxyl groups excluding tert-OH is 1. The predicted octanol–water partition coefficient (Wildman–Crippen LogP) is 1.55. The van der Waals surface area contributed by atoms with Crippen molar-refractivity contribution in [3.8, 4) is 11.8 Å². The second-order valence-electron chi connectivity index (χ2n) is 9.99. The highest BCUT2D eigenvalue weighted by molar-refractivity contribution is 5.68. The van der Waals surface area contributed by atoms with Crippen LogP contribution < -0.4 is 10.1 Å². The number of nitrogens with zero attached hydrogens (tertiary/aromatic N) is 3. The van der Waals surface area contributed by atoms with Crippen molar-refractivity contribution in [2.75, 3.05) is 52.5 Å². The maximum atomic E-state index is 14.4. The van der Waals surface area contributed by atoms with Gasteiger partial charge in [0.2, 0.25) is 0 Å². The molecule has 34 heavy (non-hydrogen) atoms. The molecule has 0 aromatic heterocycles. The van der Waals surface area contributed by atoms with Gasteiger partial charge in [-0.05, 0) is 45.0 Å². The van der Waals surface area contributed by atoms with Gasteiger partial charge in [-0.25, -0.2) is 9.18 Å². The van der Waals surface area contributed by atoms with Gasteiger partial charge in [0.05, 0.1) is 23.8 Å². The molecule has 4 atom stereocenters. The molecule has 2 fully saturated rings. The van der Waals surface area contributed by atoms with E-state index >= 15 is 0 Å². The molecule has 9 nitrogen and oxygen atoms in total. The molecule has 1 aromatic rings. The summed E-state index contributed by atoms with van der Waals surface area (Å²) in [7, 11) is 0. The SMILES string of the molecule is CC(C)(C)NC(=O)OC[C@H](F)CN1CC2CN(C[C@H](O)COc3ccc(C#N)cc3)CC(C1)O2. The van der Waals surface area contributed by atoms with Gasteiger partial charge in [-0.1, -0.05) is 0 Å². The molecule has 2 heterocycles. The lowest BCUT2D eigenvalue weighted by molar-refractivity contribution is -0.146. The van der Waals surface area contributed by atoms with Gasteiger partial charge >= 0.3 is 6.09 Å². The maximum absolute atomic E-state index is 14.4. The Bertz CT molecular complexity index is 827. The average Bonchev–Trinajstić information content (AvgIpc) is 2.75. The molecule has 2 N–H and O–H groups in total. The van der Waals surface area contributed by atoms with Crippen molar-refractivity contribution in [2.45, 2.75) is 50.8 Å². The summed E-state index contributed by atoms with van der Waals surface area (Å²) < 4.78 is 31.0. The molecule has 0 aliphatic carbocycles. The fourth-order valence-electron chi connectivity index (χ4n) is 4.17. The number of carbonyl (C=O) groups excluding carboxylic acids is 1. The predicted molar refractivity (Wildman–Crippen MR) is 123 cm³/mol. The second-order valence-corrected chi connectivity index (χ2v) is 9.99. The van der Waals surface area contributed by atoms with E-state index in [1.807, 2.05) is 25.7 Å². The Morgan fingerprint density at radius 1 is 1.18 bits per heavy atom. The molecule has 0 saturated carbocycles. The van der Waals surface area contributed by atoms with Crippen molar-refractivity contribution in [3.05, 3.63) is 29.8 Å². The number of carbonyl (C=O) groups is 1. The van der Waals surface area contributed by atoms with Crippen LogP contribution in [-0.2, 0) is 9.47 Å². The number of hydrogen-bond acceptors (Lipinski definition) is 8. The Balaban J connectivity index is 1.36. The molecule has 2 unspecified atom stereocenters. The van der Waals surface area contributed by atoms with Crippen LogP contribution in [0.25, 0.3) is 0 Å². The minimum absolute atomic E-state index is 0.0727. The normalized spacial score (nSPS) is 22.9. The molecular formula is C24H35FN4O5. The van der Waals surface area contributed by atoms with Crippen molar-refractivity contribution in [2.24, 2.45) is 0 Å². The number of aliphatic hydroxyl groups is 1. The van der Waals surface area contributed by atoms with Crippen LogP contribution in [0.5, 0.6) is 5.75 Å². The largest absolute Gasteiger partial charge is 0.491 e. The van der Waals surface area contributed by atoms with E-state index in [9.17, 15) is 14.3 Å². The number of β-amino-alcohol motifs (C(OH)–C–C–N with tert-alkyl or cyclic N) is 1. The molecule has 2 saturated heterocycles. The first-order valence-corrected chi connectivity index (χ1v) is 11.6. The van der Waals surface area contributed by atoms with Crippen LogP contribution >= 0.6 is 0 Å². The van der Waals surface area contributed by atoms with Gasteiger partial charge in [-0.3, -0.25) is 9.80 Å². The van der Waals surface area contributed by atoms with E-state index in [-0.39, 0.29) is 32.0 Å². The molecule has 3 rings (SSSR count). The molecule has 2 aliphatic heterocycles. The Morgan fingerprint density at radius 2 is 1.76 bits per heavy atom. The lowest BCUT2D eigenvalue weighted by Gasteiger charge is -2.46. The molecule has 1 amide bonds. The standard InChI is InChI=1S/C24H35FN4O5/c1-24(2,3)27-23(31)33-15-18(25)9-28-11-21-13-29(14-22(12-28)34-21)10-19(30)16-32-20-6-4-17(8-26)5-7-20/h4-7,18-19,21-22,30H,9-16H2,1-3H3,(H,27,31)/t18-,19+,21?,22?/m1/s1. The number of nitrogens with one attached hydrogen (secondary N) is 1. The zero-order valence-electron chi connectivity index (χ0n) is 20.1. The zero-order chi connectivity index (χ0) is 24.7. The van der Waals surface area contributed by atoms with Gasteiger partial charge < -0.3 is 24.6 Å². The number of fused-ring (bicyclic) bond motifs is 2. The van der Waals surface area contributed by atoms with Crippen molar-refractivity contribution in [1.82, 2.24) is 15.1 Å². The molecular weight excluding hydrogens is 443 g/mol. The van der Waals surface area contributed by atoms with Crippen molar-refractivity contribution in [3.63, 3.8) is 0 Å². The first kappa shape index (κ1) is 26.2. The minimum atomic E-state index is -1.28. The number of nitriles is 1. The Morgan fingerprint density at radius 3 is 2.32 bits per heavy atom. The lowest BCUT2D eigenvalue weighted by atomic mass is 10.1. The Kier molecular flexibility index (Phi) is 9.08. The number of alkyl carbamates (subject to hydrolysis) is 1. The second kappa shape index (κ2) is 11.8. The highest BCUT2D eigenvalue weighted by atomic mass is 19.1. The number of benzene rings is 1. The van der Waals surface area contributed by atoms with Gasteiger partial charge in [0, 0.05) is 44.8 Å². The van der Waals surface area contributed by atoms with Gasteiger partial charge in [0.25, 0.3) is 0 Å². The summed E-state index contributed by atoms with van der Waals surface area (Å²) in [5, 5.41) is 21.9. The highest BCUT2D eigenvalue weighted by Gasteiger charge is 2.36. The molecule has 188 valence electrons. The van der Waals surface area contributed by atoms with Crippen molar-refractivity contribution < 1.29 is 28.5 Å². The number of hydrogen-bond donors (Lipinski definition) is 2. The first-order valence-electron chi connectivity index (χ1n) is 11.6. The number of halogens is 1. The van der Waals surface area contributed by atoms with Crippen molar-refractivity contribution in [1.29, 1.82) is 5.26 Å². The third-order valence-corrected chi connectivity index (χ3v) is 5.46. The number of rotatable bonds is 9. The summed E-state index contributed by atoms with van der Waals surface area (Å²) in [6, 6.07) is 8.81. The summed E-state index contributed by atoms with van der Waals surface area (Å²) in [5.74, 6) is 0.605. The maximum Gasteiger partial charge on any atom is 0.407 e. The van der Waals surface area contributed by atoms with Crippen LogP contribution in [0.15, 0.2) is 24.3 Å². The van der Waals surface area contributed by atoms with Gasteiger partial charge in [0.15, 0.2) is 0 Å². The third-order valence-electron chi connectivity index (χ3n) is 5.46. The highest BCUT2D eigenvalue weighted by Crippen LogP contribution is 2.20.